The molecule has 0 aliphatic carbocycles. The van der Waals surface area contributed by atoms with Crippen molar-refractivity contribution in [1.29, 1.82) is 0 Å². The zero-order valence-corrected chi connectivity index (χ0v) is 13.8. The van der Waals surface area contributed by atoms with E-state index in [9.17, 15) is 0 Å². The highest BCUT2D eigenvalue weighted by Crippen LogP contribution is 2.24. The van der Waals surface area contributed by atoms with Gasteiger partial charge in [0.25, 0.3) is 0 Å². The van der Waals surface area contributed by atoms with Crippen LogP contribution in [0.4, 0.5) is 0 Å². The van der Waals surface area contributed by atoms with Crippen LogP contribution in [0.5, 0.6) is 0 Å². The van der Waals surface area contributed by atoms with Gasteiger partial charge < -0.3 is 0 Å². The molecule has 0 bridgehead atoms. The molecule has 0 spiro atoms. The summed E-state index contributed by atoms with van der Waals surface area (Å²) in [4.78, 5) is 0. The number of aryl methyl sites for hydroxylation is 3. The second-order valence-electron chi connectivity index (χ2n) is 5.43. The topological polar surface area (TPSA) is 43.6 Å². The van der Waals surface area contributed by atoms with Gasteiger partial charge in [0.05, 0.1) is 5.69 Å². The summed E-state index contributed by atoms with van der Waals surface area (Å²) in [5, 5.41) is 12.9. The average molecular weight is 310 g/mol. The van der Waals surface area contributed by atoms with Crippen molar-refractivity contribution in [3.8, 4) is 5.69 Å². The summed E-state index contributed by atoms with van der Waals surface area (Å²) in [6, 6.07) is 14.7. The van der Waals surface area contributed by atoms with E-state index in [2.05, 4.69) is 66.6 Å². The first kappa shape index (κ1) is 14.8. The van der Waals surface area contributed by atoms with E-state index in [-0.39, 0.29) is 0 Å². The van der Waals surface area contributed by atoms with E-state index in [4.69, 9.17) is 0 Å². The van der Waals surface area contributed by atoms with Crippen LogP contribution in [-0.2, 0) is 5.75 Å². The number of rotatable bonds is 4. The molecule has 4 nitrogen and oxygen atoms in total. The van der Waals surface area contributed by atoms with Crippen molar-refractivity contribution in [2.45, 2.75) is 31.7 Å². The third kappa shape index (κ3) is 3.20. The van der Waals surface area contributed by atoms with E-state index in [0.29, 0.717) is 0 Å². The molecule has 0 N–H and O–H groups in total. The van der Waals surface area contributed by atoms with Crippen molar-refractivity contribution in [2.24, 2.45) is 0 Å². The van der Waals surface area contributed by atoms with Gasteiger partial charge in [-0.15, -0.1) is 5.10 Å². The zero-order valence-electron chi connectivity index (χ0n) is 12.9. The molecule has 22 heavy (non-hydrogen) atoms. The van der Waals surface area contributed by atoms with Crippen molar-refractivity contribution in [2.75, 3.05) is 0 Å². The minimum Gasteiger partial charge on any atom is -0.188 e. The minimum atomic E-state index is 0.810. The molecule has 0 amide bonds. The van der Waals surface area contributed by atoms with E-state index >= 15 is 0 Å². The van der Waals surface area contributed by atoms with Crippen molar-refractivity contribution in [3.63, 3.8) is 0 Å². The van der Waals surface area contributed by atoms with Crippen molar-refractivity contribution < 1.29 is 0 Å². The first-order valence-electron chi connectivity index (χ1n) is 7.18. The predicted molar refractivity (Wildman–Crippen MR) is 89.4 cm³/mol. The fraction of sp³-hybridized carbons (Fsp3) is 0.235. The van der Waals surface area contributed by atoms with Gasteiger partial charge in [0.1, 0.15) is 0 Å². The van der Waals surface area contributed by atoms with Crippen LogP contribution in [0.2, 0.25) is 0 Å². The SMILES string of the molecule is Cc1ccc(-n2nnnc2SCc2cc(C)ccc2C)cc1. The lowest BCUT2D eigenvalue weighted by Crippen LogP contribution is -1.99. The summed E-state index contributed by atoms with van der Waals surface area (Å²) in [5.74, 6) is 0.861. The number of aromatic nitrogens is 4. The van der Waals surface area contributed by atoms with Crippen LogP contribution in [0.1, 0.15) is 22.3 Å². The fourth-order valence-corrected chi connectivity index (χ4v) is 3.17. The Morgan fingerprint density at radius 2 is 1.68 bits per heavy atom. The van der Waals surface area contributed by atoms with Crippen LogP contribution in [0.3, 0.4) is 0 Å². The lowest BCUT2D eigenvalue weighted by Gasteiger charge is -2.07. The van der Waals surface area contributed by atoms with E-state index in [1.165, 1.54) is 22.3 Å². The van der Waals surface area contributed by atoms with Gasteiger partial charge in [-0.3, -0.25) is 0 Å². The van der Waals surface area contributed by atoms with E-state index in [1.807, 2.05) is 12.1 Å². The number of hydrogen-bond acceptors (Lipinski definition) is 4. The molecular formula is C17H18N4S. The van der Waals surface area contributed by atoms with Gasteiger partial charge in [-0.25, -0.2) is 0 Å². The summed E-state index contributed by atoms with van der Waals surface area (Å²) < 4.78 is 1.79. The van der Waals surface area contributed by atoms with Gasteiger partial charge >= 0.3 is 0 Å². The second-order valence-corrected chi connectivity index (χ2v) is 6.37. The molecule has 0 aliphatic heterocycles. The molecule has 0 saturated heterocycles. The van der Waals surface area contributed by atoms with Crippen LogP contribution in [0.25, 0.3) is 5.69 Å². The van der Waals surface area contributed by atoms with Gasteiger partial charge in [0, 0.05) is 5.75 Å². The van der Waals surface area contributed by atoms with Crippen molar-refractivity contribution >= 4 is 11.8 Å². The Bertz CT molecular complexity index is 778. The quantitative estimate of drug-likeness (QED) is 0.686. The number of nitrogens with zero attached hydrogens (tertiary/aromatic N) is 4. The summed E-state index contributed by atoms with van der Waals surface area (Å²) in [5.41, 5.74) is 6.11. The largest absolute Gasteiger partial charge is 0.214 e. The van der Waals surface area contributed by atoms with Crippen LogP contribution >= 0.6 is 11.8 Å². The highest BCUT2D eigenvalue weighted by molar-refractivity contribution is 7.98. The lowest BCUT2D eigenvalue weighted by molar-refractivity contribution is 0.756. The van der Waals surface area contributed by atoms with Gasteiger partial charge in [-0.1, -0.05) is 53.2 Å². The smallest absolute Gasteiger partial charge is 0.188 e. The molecule has 1 heterocycles. The van der Waals surface area contributed by atoms with Crippen LogP contribution in [-0.4, -0.2) is 20.2 Å². The summed E-state index contributed by atoms with van der Waals surface area (Å²) in [6.45, 7) is 6.32. The van der Waals surface area contributed by atoms with E-state index in [0.717, 1.165) is 16.6 Å². The maximum Gasteiger partial charge on any atom is 0.214 e. The molecule has 0 saturated carbocycles. The highest BCUT2D eigenvalue weighted by atomic mass is 32.2. The molecule has 0 aliphatic rings. The van der Waals surface area contributed by atoms with Gasteiger partial charge in [0.15, 0.2) is 0 Å². The molecule has 0 unspecified atom stereocenters. The molecule has 3 rings (SSSR count). The summed E-state index contributed by atoms with van der Waals surface area (Å²) in [6.07, 6.45) is 0. The standard InChI is InChI=1S/C17H18N4S/c1-12-5-8-16(9-6-12)21-17(18-19-20-21)22-11-15-10-13(2)4-7-14(15)3/h4-10H,11H2,1-3H3. The van der Waals surface area contributed by atoms with Gasteiger partial charge in [-0.05, 0) is 54.5 Å². The Morgan fingerprint density at radius 1 is 0.955 bits per heavy atom. The third-order valence-electron chi connectivity index (χ3n) is 3.58. The molecule has 0 atom stereocenters. The first-order chi connectivity index (χ1) is 10.6. The fourth-order valence-electron chi connectivity index (χ4n) is 2.21. The van der Waals surface area contributed by atoms with Gasteiger partial charge in [0.2, 0.25) is 5.16 Å². The molecule has 1 aromatic heterocycles. The first-order valence-corrected chi connectivity index (χ1v) is 8.16. The van der Waals surface area contributed by atoms with Crippen molar-refractivity contribution in [3.05, 3.63) is 64.7 Å². The average Bonchev–Trinajstić information content (AvgIpc) is 2.97. The lowest BCUT2D eigenvalue weighted by atomic mass is 10.1. The van der Waals surface area contributed by atoms with Crippen LogP contribution in [0, 0.1) is 20.8 Å². The molecule has 0 radical (unpaired) electrons. The molecule has 5 heteroatoms. The predicted octanol–water partition coefficient (Wildman–Crippen LogP) is 3.88. The van der Waals surface area contributed by atoms with Crippen LogP contribution < -0.4 is 0 Å². The van der Waals surface area contributed by atoms with Gasteiger partial charge in [-0.2, -0.15) is 4.68 Å². The molecule has 2 aromatic carbocycles. The Kier molecular flexibility index (Phi) is 4.24. The number of tetrazole rings is 1. The summed E-state index contributed by atoms with van der Waals surface area (Å²) >= 11 is 1.66. The summed E-state index contributed by atoms with van der Waals surface area (Å²) in [7, 11) is 0. The number of thioether (sulfide) groups is 1. The Morgan fingerprint density at radius 3 is 2.45 bits per heavy atom. The van der Waals surface area contributed by atoms with E-state index in [1.54, 1.807) is 16.4 Å². The molecule has 112 valence electrons. The molecule has 0 fully saturated rings. The monoisotopic (exact) mass is 310 g/mol. The highest BCUT2D eigenvalue weighted by Gasteiger charge is 2.10. The number of benzene rings is 2. The zero-order chi connectivity index (χ0) is 15.5. The normalized spacial score (nSPS) is 10.9. The second kappa shape index (κ2) is 6.32. The maximum absolute atomic E-state index is 4.15. The minimum absolute atomic E-state index is 0.810. The van der Waals surface area contributed by atoms with E-state index < -0.39 is 0 Å². The van der Waals surface area contributed by atoms with Crippen molar-refractivity contribution in [1.82, 2.24) is 20.2 Å². The number of hydrogen-bond donors (Lipinski definition) is 0. The Balaban J connectivity index is 1.81. The Labute approximate surface area is 134 Å². The molecule has 3 aromatic rings. The maximum atomic E-state index is 4.15. The third-order valence-corrected chi connectivity index (χ3v) is 4.55. The Hall–Kier alpha value is -2.14. The van der Waals surface area contributed by atoms with Crippen LogP contribution in [0.15, 0.2) is 47.6 Å². The molecular weight excluding hydrogens is 292 g/mol.